The predicted molar refractivity (Wildman–Crippen MR) is 117 cm³/mol. The molecule has 7 atom stereocenters. The predicted octanol–water partition coefficient (Wildman–Crippen LogP) is 1.62. The summed E-state index contributed by atoms with van der Waals surface area (Å²) in [4.78, 5) is 41.5. The van der Waals surface area contributed by atoms with E-state index >= 15 is 0 Å². The lowest BCUT2D eigenvalue weighted by Crippen LogP contribution is -2.60. The van der Waals surface area contributed by atoms with Crippen molar-refractivity contribution in [1.82, 2.24) is 10.2 Å². The van der Waals surface area contributed by atoms with Crippen molar-refractivity contribution in [2.24, 2.45) is 17.8 Å². The summed E-state index contributed by atoms with van der Waals surface area (Å²) < 4.78 is 11.7. The van der Waals surface area contributed by atoms with Crippen LogP contribution in [0.5, 0.6) is 0 Å². The van der Waals surface area contributed by atoms with Gasteiger partial charge in [0.25, 0.3) is 0 Å². The highest BCUT2D eigenvalue weighted by molar-refractivity contribution is 9.09. The van der Waals surface area contributed by atoms with Crippen molar-refractivity contribution in [2.45, 2.75) is 88.5 Å². The van der Waals surface area contributed by atoms with Gasteiger partial charge in [-0.3, -0.25) is 14.4 Å². The second kappa shape index (κ2) is 8.63. The zero-order chi connectivity index (χ0) is 23.3. The largest absolute Gasteiger partial charge is 0.466 e. The van der Waals surface area contributed by atoms with Crippen LogP contribution < -0.4 is 5.32 Å². The van der Waals surface area contributed by atoms with Crippen molar-refractivity contribution in [3.05, 3.63) is 0 Å². The van der Waals surface area contributed by atoms with Crippen LogP contribution in [0.4, 0.5) is 0 Å². The molecular weight excluding hydrogens is 468 g/mol. The molecular formula is C22H35BrN2O6. The van der Waals surface area contributed by atoms with E-state index in [1.54, 1.807) is 6.92 Å². The molecule has 3 rings (SSSR count). The summed E-state index contributed by atoms with van der Waals surface area (Å²) in [5.41, 5.74) is -1.65. The number of hydrogen-bond acceptors (Lipinski definition) is 6. The highest BCUT2D eigenvalue weighted by atomic mass is 79.9. The van der Waals surface area contributed by atoms with E-state index in [1.165, 1.54) is 4.90 Å². The molecule has 1 spiro atoms. The number of aliphatic hydroxyl groups is 1. The number of likely N-dealkylation sites (tertiary alicyclic amines) is 1. The van der Waals surface area contributed by atoms with E-state index in [4.69, 9.17) is 9.47 Å². The maximum atomic E-state index is 13.8. The molecule has 9 heteroatoms. The van der Waals surface area contributed by atoms with Crippen molar-refractivity contribution in [3.63, 3.8) is 0 Å². The molecule has 3 aliphatic heterocycles. The maximum Gasteiger partial charge on any atom is 0.312 e. The van der Waals surface area contributed by atoms with Gasteiger partial charge in [-0.1, -0.05) is 29.8 Å². The van der Waals surface area contributed by atoms with E-state index in [0.29, 0.717) is 12.8 Å². The number of rotatable bonds is 7. The zero-order valence-electron chi connectivity index (χ0n) is 19.2. The Kier molecular flexibility index (Phi) is 6.81. The molecule has 2 bridgehead atoms. The summed E-state index contributed by atoms with van der Waals surface area (Å²) in [6, 6.07) is -1.47. The minimum atomic E-state index is -1.13. The zero-order valence-corrected chi connectivity index (χ0v) is 20.8. The normalized spacial score (nSPS) is 35.5. The number of fused-ring (bicyclic) bond motifs is 1. The van der Waals surface area contributed by atoms with Crippen LogP contribution in [0.25, 0.3) is 0 Å². The van der Waals surface area contributed by atoms with Gasteiger partial charge in [-0.05, 0) is 46.5 Å². The Morgan fingerprint density at radius 3 is 2.55 bits per heavy atom. The monoisotopic (exact) mass is 502 g/mol. The van der Waals surface area contributed by atoms with Crippen molar-refractivity contribution in [2.75, 3.05) is 13.2 Å². The summed E-state index contributed by atoms with van der Waals surface area (Å²) in [5, 5.41) is 13.2. The Bertz CT molecular complexity index is 738. The molecule has 0 aromatic rings. The first-order valence-corrected chi connectivity index (χ1v) is 12.0. The minimum absolute atomic E-state index is 0.173. The first-order chi connectivity index (χ1) is 14.4. The quantitative estimate of drug-likeness (QED) is 0.404. The molecule has 3 heterocycles. The smallest absolute Gasteiger partial charge is 0.312 e. The number of carbonyl (C=O) groups excluding carboxylic acids is 3. The molecule has 0 saturated carbocycles. The van der Waals surface area contributed by atoms with Gasteiger partial charge >= 0.3 is 5.97 Å². The number of alkyl halides is 1. The van der Waals surface area contributed by atoms with Crippen molar-refractivity contribution < 1.29 is 29.0 Å². The molecule has 3 aliphatic rings. The molecule has 8 nitrogen and oxygen atoms in total. The van der Waals surface area contributed by atoms with E-state index in [2.05, 4.69) is 21.2 Å². The van der Waals surface area contributed by atoms with Gasteiger partial charge in [-0.15, -0.1) is 0 Å². The number of amides is 2. The van der Waals surface area contributed by atoms with E-state index in [1.807, 2.05) is 34.6 Å². The fourth-order valence-corrected chi connectivity index (χ4v) is 6.47. The van der Waals surface area contributed by atoms with Gasteiger partial charge < -0.3 is 24.8 Å². The van der Waals surface area contributed by atoms with Crippen LogP contribution in [-0.4, -0.2) is 75.2 Å². The Labute approximate surface area is 192 Å². The lowest BCUT2D eigenvalue weighted by Gasteiger charge is -2.38. The number of hydrogen-bond donors (Lipinski definition) is 2. The SMILES string of the molecule is CCOC(=O)[C@H]1[C@@H]2O[C@@]3(CC2Br)[C@@H]1C(=O)N([C@@H](CO)CC(C)C)[C@@H]3C(=O)NC(C)(C)C. The molecule has 3 saturated heterocycles. The first-order valence-electron chi connectivity index (χ1n) is 11.1. The van der Waals surface area contributed by atoms with Gasteiger partial charge in [0.05, 0.1) is 37.2 Å². The van der Waals surface area contributed by atoms with Crippen LogP contribution in [-0.2, 0) is 23.9 Å². The van der Waals surface area contributed by atoms with Gasteiger partial charge in [-0.2, -0.15) is 0 Å². The Balaban J connectivity index is 2.09. The molecule has 2 N–H and O–H groups in total. The Morgan fingerprint density at radius 2 is 2.03 bits per heavy atom. The summed E-state index contributed by atoms with van der Waals surface area (Å²) in [5.74, 6) is -2.49. The molecule has 0 aromatic carbocycles. The number of nitrogens with zero attached hydrogens (tertiary/aromatic N) is 1. The van der Waals surface area contributed by atoms with Gasteiger partial charge in [0.2, 0.25) is 11.8 Å². The number of esters is 1. The summed E-state index contributed by atoms with van der Waals surface area (Å²) in [6.45, 7) is 11.3. The number of halogens is 1. The van der Waals surface area contributed by atoms with Crippen molar-refractivity contribution in [1.29, 1.82) is 0 Å². The summed E-state index contributed by atoms with van der Waals surface area (Å²) >= 11 is 3.62. The van der Waals surface area contributed by atoms with Crippen LogP contribution in [0.2, 0.25) is 0 Å². The maximum absolute atomic E-state index is 13.8. The molecule has 2 amide bonds. The van der Waals surface area contributed by atoms with Gasteiger partial charge in [0, 0.05) is 10.4 Å². The average Bonchev–Trinajstić information content (AvgIpc) is 3.22. The standard InChI is InChI=1S/C22H35BrN2O6/c1-7-30-20(29)14-15-19(28)25(12(10-26)8-11(2)3)17(18(27)24-21(4,5)6)22(15)9-13(23)16(14)31-22/h11-17,26H,7-10H2,1-6H3,(H,24,27)/t12-,13?,14-,15+,16-,17-,22+/m1/s1. The van der Waals surface area contributed by atoms with E-state index in [0.717, 1.165) is 0 Å². The van der Waals surface area contributed by atoms with Crippen LogP contribution >= 0.6 is 15.9 Å². The van der Waals surface area contributed by atoms with Crippen molar-refractivity contribution >= 4 is 33.7 Å². The summed E-state index contributed by atoms with van der Waals surface area (Å²) in [6.07, 6.45) is 0.441. The number of nitrogens with one attached hydrogen (secondary N) is 1. The van der Waals surface area contributed by atoms with Crippen LogP contribution in [0.1, 0.15) is 54.4 Å². The Hall–Kier alpha value is -1.19. The third-order valence-corrected chi connectivity index (χ3v) is 7.22. The lowest BCUT2D eigenvalue weighted by molar-refractivity contribution is -0.155. The minimum Gasteiger partial charge on any atom is -0.466 e. The highest BCUT2D eigenvalue weighted by Gasteiger charge is 2.77. The molecule has 0 radical (unpaired) electrons. The average molecular weight is 503 g/mol. The number of ether oxygens (including phenoxy) is 2. The van der Waals surface area contributed by atoms with E-state index in [9.17, 15) is 19.5 Å². The fourth-order valence-electron chi connectivity index (χ4n) is 5.53. The van der Waals surface area contributed by atoms with Gasteiger partial charge in [-0.25, -0.2) is 0 Å². The number of aliphatic hydroxyl groups excluding tert-OH is 1. The summed E-state index contributed by atoms with van der Waals surface area (Å²) in [7, 11) is 0. The number of carbonyl (C=O) groups is 3. The topological polar surface area (TPSA) is 105 Å². The molecule has 3 fully saturated rings. The van der Waals surface area contributed by atoms with E-state index in [-0.39, 0.29) is 35.8 Å². The molecule has 0 aromatic heterocycles. The molecule has 1 unspecified atom stereocenters. The lowest BCUT2D eigenvalue weighted by atomic mass is 9.70. The first kappa shape index (κ1) is 24.5. The molecule has 31 heavy (non-hydrogen) atoms. The van der Waals surface area contributed by atoms with Crippen molar-refractivity contribution in [3.8, 4) is 0 Å². The van der Waals surface area contributed by atoms with Crippen LogP contribution in [0.15, 0.2) is 0 Å². The third-order valence-electron chi connectivity index (χ3n) is 6.38. The third kappa shape index (κ3) is 4.13. The van der Waals surface area contributed by atoms with Crippen LogP contribution in [0, 0.1) is 17.8 Å². The second-order valence-electron chi connectivity index (χ2n) is 10.4. The van der Waals surface area contributed by atoms with Crippen LogP contribution in [0.3, 0.4) is 0 Å². The van der Waals surface area contributed by atoms with E-state index < -0.39 is 47.1 Å². The van der Waals surface area contributed by atoms with Gasteiger partial charge in [0.1, 0.15) is 11.6 Å². The second-order valence-corrected chi connectivity index (χ2v) is 11.5. The molecule has 176 valence electrons. The molecule has 0 aliphatic carbocycles. The van der Waals surface area contributed by atoms with Gasteiger partial charge in [0.15, 0.2) is 0 Å². The Morgan fingerprint density at radius 1 is 1.39 bits per heavy atom. The highest BCUT2D eigenvalue weighted by Crippen LogP contribution is 2.60. The fraction of sp³-hybridized carbons (Fsp3) is 0.864.